The summed E-state index contributed by atoms with van der Waals surface area (Å²) in [4.78, 5) is 0. The minimum absolute atomic E-state index is 1.27. The van der Waals surface area contributed by atoms with Gasteiger partial charge in [0.25, 0.3) is 0 Å². The quantitative estimate of drug-likeness (QED) is 0.0738. The molecule has 0 rings (SSSR count). The third-order valence-electron chi connectivity index (χ3n) is 6.77. The molecule has 0 aliphatic carbocycles. The minimum atomic E-state index is -1.42. The van der Waals surface area contributed by atoms with Crippen LogP contribution in [0.3, 0.4) is 0 Å². The molecule has 0 aromatic heterocycles. The number of rotatable bonds is 24. The average Bonchev–Trinajstić information content (AvgIpc) is 2.83. The van der Waals surface area contributed by atoms with Gasteiger partial charge in [-0.3, -0.25) is 0 Å². The fourth-order valence-electron chi connectivity index (χ4n) is 4.35. The van der Waals surface area contributed by atoms with Gasteiger partial charge in [0.2, 0.25) is 0 Å². The molecular formula is C32H61P. The van der Waals surface area contributed by atoms with E-state index in [1.807, 2.05) is 0 Å². The summed E-state index contributed by atoms with van der Waals surface area (Å²) in [5.74, 6) is 0. The molecule has 0 aromatic carbocycles. The van der Waals surface area contributed by atoms with Crippen molar-refractivity contribution < 1.29 is 0 Å². The van der Waals surface area contributed by atoms with Crippen LogP contribution in [-0.4, -0.2) is 24.6 Å². The first-order valence-electron chi connectivity index (χ1n) is 14.8. The first-order chi connectivity index (χ1) is 16.2. The second kappa shape index (κ2) is 26.0. The second-order valence-electron chi connectivity index (χ2n) is 10.2. The van der Waals surface area contributed by atoms with Crippen molar-refractivity contribution in [1.29, 1.82) is 0 Å². The van der Waals surface area contributed by atoms with E-state index in [1.165, 1.54) is 127 Å². The van der Waals surface area contributed by atoms with E-state index in [4.69, 9.17) is 0 Å². The van der Waals surface area contributed by atoms with Crippen LogP contribution in [0.2, 0.25) is 0 Å². The Bertz CT molecular complexity index is 403. The van der Waals surface area contributed by atoms with E-state index in [0.717, 1.165) is 0 Å². The molecule has 0 aromatic rings. The summed E-state index contributed by atoms with van der Waals surface area (Å²) >= 11 is 0. The van der Waals surface area contributed by atoms with Gasteiger partial charge >= 0.3 is 211 Å². The Labute approximate surface area is 210 Å². The van der Waals surface area contributed by atoms with Gasteiger partial charge in [-0.1, -0.05) is 0 Å². The van der Waals surface area contributed by atoms with Gasteiger partial charge in [-0.25, -0.2) is 0 Å². The summed E-state index contributed by atoms with van der Waals surface area (Å²) in [5.41, 5.74) is 0. The van der Waals surface area contributed by atoms with Gasteiger partial charge < -0.3 is 0 Å². The summed E-state index contributed by atoms with van der Waals surface area (Å²) in [6.45, 7) is 9.20. The molecule has 0 atom stereocenters. The van der Waals surface area contributed by atoms with Gasteiger partial charge in [-0.2, -0.15) is 0 Å². The van der Waals surface area contributed by atoms with Gasteiger partial charge in [0, 0.05) is 0 Å². The Balaban J connectivity index is 5.18. The van der Waals surface area contributed by atoms with Crippen LogP contribution in [0.1, 0.15) is 130 Å². The molecule has 0 saturated heterocycles. The van der Waals surface area contributed by atoms with Crippen molar-refractivity contribution in [2.45, 2.75) is 130 Å². The molecule has 0 heterocycles. The zero-order valence-corrected chi connectivity index (χ0v) is 24.3. The molecular weight excluding hydrogens is 415 g/mol. The van der Waals surface area contributed by atoms with Crippen LogP contribution >= 0.6 is 7.26 Å². The molecule has 1 heteroatoms. The van der Waals surface area contributed by atoms with Crippen LogP contribution in [0.15, 0.2) is 48.6 Å². The molecule has 0 fully saturated rings. The van der Waals surface area contributed by atoms with E-state index in [1.54, 1.807) is 0 Å². The zero-order valence-electron chi connectivity index (χ0n) is 23.3. The Kier molecular flexibility index (Phi) is 25.5. The Morgan fingerprint density at radius 1 is 0.333 bits per heavy atom. The standard InChI is InChI=1S/C32H61P/c1-5-9-13-17-21-25-29-33(30-26-22-18-14-10-6-2,31-27-23-19-15-11-7-3)32-28-24-20-16-12-8-4/h21-28,33H,5-20,29-32H2,1-4H3. The van der Waals surface area contributed by atoms with Crippen LogP contribution in [0.5, 0.6) is 0 Å². The number of hydrogen-bond acceptors (Lipinski definition) is 0. The molecule has 0 radical (unpaired) electrons. The van der Waals surface area contributed by atoms with Gasteiger partial charge in [0.05, 0.1) is 0 Å². The molecule has 0 amide bonds. The van der Waals surface area contributed by atoms with Crippen molar-refractivity contribution in [3.63, 3.8) is 0 Å². The molecule has 0 nitrogen and oxygen atoms in total. The number of unbranched alkanes of at least 4 members (excludes halogenated alkanes) is 12. The predicted molar refractivity (Wildman–Crippen MR) is 161 cm³/mol. The van der Waals surface area contributed by atoms with E-state index < -0.39 is 7.26 Å². The van der Waals surface area contributed by atoms with Crippen molar-refractivity contribution in [1.82, 2.24) is 0 Å². The zero-order chi connectivity index (χ0) is 24.3. The predicted octanol–water partition coefficient (Wildman–Crippen LogP) is 11.3. The summed E-state index contributed by atoms with van der Waals surface area (Å²) in [7, 11) is -1.42. The van der Waals surface area contributed by atoms with Gasteiger partial charge in [0.15, 0.2) is 0 Å². The van der Waals surface area contributed by atoms with E-state index in [2.05, 4.69) is 76.3 Å². The van der Waals surface area contributed by atoms with Crippen LogP contribution in [0.25, 0.3) is 0 Å². The van der Waals surface area contributed by atoms with Crippen LogP contribution < -0.4 is 0 Å². The van der Waals surface area contributed by atoms with Crippen LogP contribution in [0, 0.1) is 0 Å². The van der Waals surface area contributed by atoms with Crippen molar-refractivity contribution in [2.75, 3.05) is 24.6 Å². The topological polar surface area (TPSA) is 0 Å². The summed E-state index contributed by atoms with van der Waals surface area (Å²) in [6.07, 6.45) is 46.9. The van der Waals surface area contributed by atoms with Crippen molar-refractivity contribution in [3.05, 3.63) is 48.6 Å². The third-order valence-corrected chi connectivity index (χ3v) is 11.2. The van der Waals surface area contributed by atoms with E-state index in [9.17, 15) is 0 Å². The molecule has 0 spiro atoms. The number of allylic oxidation sites excluding steroid dienone is 8. The Hall–Kier alpha value is -0.610. The van der Waals surface area contributed by atoms with Crippen LogP contribution in [0.4, 0.5) is 0 Å². The first kappa shape index (κ1) is 32.4. The maximum atomic E-state index is 2.57. The van der Waals surface area contributed by atoms with E-state index >= 15 is 0 Å². The van der Waals surface area contributed by atoms with Crippen molar-refractivity contribution >= 4 is 7.26 Å². The third kappa shape index (κ3) is 21.6. The molecule has 33 heavy (non-hydrogen) atoms. The van der Waals surface area contributed by atoms with Crippen molar-refractivity contribution in [2.24, 2.45) is 0 Å². The van der Waals surface area contributed by atoms with Gasteiger partial charge in [0.1, 0.15) is 0 Å². The second-order valence-corrected chi connectivity index (χ2v) is 14.8. The summed E-state index contributed by atoms with van der Waals surface area (Å²) in [6, 6.07) is 0. The maximum absolute atomic E-state index is 2.57. The summed E-state index contributed by atoms with van der Waals surface area (Å²) in [5, 5.41) is 0. The number of hydrogen-bond donors (Lipinski definition) is 0. The molecule has 0 N–H and O–H groups in total. The van der Waals surface area contributed by atoms with Crippen molar-refractivity contribution in [3.8, 4) is 0 Å². The molecule has 194 valence electrons. The molecule has 0 unspecified atom stereocenters. The normalized spacial score (nSPS) is 13.5. The van der Waals surface area contributed by atoms with Crippen LogP contribution in [-0.2, 0) is 0 Å². The van der Waals surface area contributed by atoms with Gasteiger partial charge in [-0.15, -0.1) is 0 Å². The average molecular weight is 477 g/mol. The first-order valence-corrected chi connectivity index (χ1v) is 17.7. The Morgan fingerprint density at radius 3 is 0.788 bits per heavy atom. The fourth-order valence-corrected chi connectivity index (χ4v) is 8.02. The monoisotopic (exact) mass is 476 g/mol. The fraction of sp³-hybridized carbons (Fsp3) is 0.750. The van der Waals surface area contributed by atoms with E-state index in [-0.39, 0.29) is 0 Å². The van der Waals surface area contributed by atoms with E-state index in [0.29, 0.717) is 0 Å². The summed E-state index contributed by atoms with van der Waals surface area (Å²) < 4.78 is 0. The van der Waals surface area contributed by atoms with Gasteiger partial charge in [-0.05, 0) is 0 Å². The SMILES string of the molecule is CCCCCC=CC[PH](CC=CCCCCC)(CC=CCCCCC)CC=CCCCCC. The Morgan fingerprint density at radius 2 is 0.576 bits per heavy atom. The molecule has 0 saturated carbocycles. The molecule has 0 bridgehead atoms. The molecule has 0 aliphatic heterocycles. The molecule has 0 aliphatic rings.